The number of hydrogen-bond donors (Lipinski definition) is 0. The fourth-order valence-electron chi connectivity index (χ4n) is 1.52. The average molecular weight is 265 g/mol. The topological polar surface area (TPSA) is 47.6 Å². The van der Waals surface area contributed by atoms with E-state index in [0.29, 0.717) is 15.6 Å². The molecular weight excluding hydrogens is 255 g/mol. The van der Waals surface area contributed by atoms with Gasteiger partial charge in [-0.05, 0) is 24.1 Å². The summed E-state index contributed by atoms with van der Waals surface area (Å²) in [5.74, 6) is 0. The lowest BCUT2D eigenvalue weighted by Gasteiger charge is -2.18. The molecule has 4 heteroatoms. The van der Waals surface area contributed by atoms with E-state index in [4.69, 9.17) is 33.7 Å². The van der Waals surface area contributed by atoms with Crippen LogP contribution in [0, 0.1) is 28.1 Å². The van der Waals surface area contributed by atoms with E-state index in [1.165, 1.54) is 0 Å². The van der Waals surface area contributed by atoms with Crippen molar-refractivity contribution in [3.05, 3.63) is 46.5 Å². The maximum absolute atomic E-state index is 9.14. The summed E-state index contributed by atoms with van der Waals surface area (Å²) < 4.78 is 0. The van der Waals surface area contributed by atoms with Gasteiger partial charge in [0, 0.05) is 16.5 Å². The number of benzene rings is 1. The van der Waals surface area contributed by atoms with E-state index < -0.39 is 5.41 Å². The third kappa shape index (κ3) is 3.01. The quantitative estimate of drug-likeness (QED) is 0.768. The molecule has 0 aromatic heterocycles. The van der Waals surface area contributed by atoms with E-state index in [1.54, 1.807) is 24.3 Å². The molecule has 0 heterocycles. The molecule has 0 N–H and O–H groups in total. The molecule has 0 saturated carbocycles. The van der Waals surface area contributed by atoms with Crippen molar-refractivity contribution >= 4 is 23.2 Å². The predicted molar refractivity (Wildman–Crippen MR) is 68.6 cm³/mol. The second kappa shape index (κ2) is 5.73. The third-order valence-corrected chi connectivity index (χ3v) is 3.17. The van der Waals surface area contributed by atoms with Crippen molar-refractivity contribution in [1.29, 1.82) is 10.5 Å². The normalized spacial score (nSPS) is 10.4. The van der Waals surface area contributed by atoms with Crippen LogP contribution in [0.4, 0.5) is 0 Å². The lowest BCUT2D eigenvalue weighted by molar-refractivity contribution is 0.527. The molecule has 0 fully saturated rings. The minimum Gasteiger partial charge on any atom is -0.197 e. The van der Waals surface area contributed by atoms with Crippen molar-refractivity contribution in [3.8, 4) is 12.1 Å². The summed E-state index contributed by atoms with van der Waals surface area (Å²) in [5.41, 5.74) is -0.531. The summed E-state index contributed by atoms with van der Waals surface area (Å²) in [4.78, 5) is 0. The van der Waals surface area contributed by atoms with Crippen LogP contribution in [0.1, 0.15) is 12.0 Å². The lowest BCUT2D eigenvalue weighted by Crippen LogP contribution is -2.19. The van der Waals surface area contributed by atoms with Crippen molar-refractivity contribution < 1.29 is 0 Å². The zero-order valence-electron chi connectivity index (χ0n) is 9.08. The Bertz CT molecular complexity index is 475. The largest absolute Gasteiger partial charge is 0.197 e. The monoisotopic (exact) mass is 264 g/mol. The zero-order valence-corrected chi connectivity index (χ0v) is 10.6. The van der Waals surface area contributed by atoms with Crippen LogP contribution in [0.25, 0.3) is 0 Å². The Hall–Kier alpha value is -1.48. The molecule has 0 amide bonds. The number of halogens is 2. The first-order valence-corrected chi connectivity index (χ1v) is 5.70. The molecule has 0 spiro atoms. The first-order valence-electron chi connectivity index (χ1n) is 4.95. The number of hydrogen-bond acceptors (Lipinski definition) is 2. The molecule has 0 aliphatic rings. The maximum Gasteiger partial charge on any atom is 0.151 e. The van der Waals surface area contributed by atoms with Crippen molar-refractivity contribution in [1.82, 2.24) is 0 Å². The zero-order chi connectivity index (χ0) is 12.9. The molecule has 1 rings (SSSR count). The van der Waals surface area contributed by atoms with Crippen LogP contribution in [-0.2, 0) is 6.42 Å². The van der Waals surface area contributed by atoms with Gasteiger partial charge in [0.1, 0.15) is 0 Å². The molecule has 0 unspecified atom stereocenters. The van der Waals surface area contributed by atoms with E-state index in [2.05, 4.69) is 6.58 Å². The van der Waals surface area contributed by atoms with Crippen LogP contribution in [0.5, 0.6) is 0 Å². The van der Waals surface area contributed by atoms with E-state index in [0.717, 1.165) is 0 Å². The summed E-state index contributed by atoms with van der Waals surface area (Å²) >= 11 is 12.0. The predicted octanol–water partition coefficient (Wildman–Crippen LogP) is 4.15. The van der Waals surface area contributed by atoms with Gasteiger partial charge in [0.25, 0.3) is 0 Å². The Balaban J connectivity index is 3.16. The van der Waals surface area contributed by atoms with Crippen LogP contribution in [-0.4, -0.2) is 0 Å². The number of nitriles is 2. The minimum atomic E-state index is -1.16. The Morgan fingerprint density at radius 3 is 2.18 bits per heavy atom. The molecule has 0 aliphatic heterocycles. The van der Waals surface area contributed by atoms with Gasteiger partial charge < -0.3 is 0 Å². The van der Waals surface area contributed by atoms with E-state index in [9.17, 15) is 0 Å². The molecular formula is C13H10Cl2N2. The summed E-state index contributed by atoms with van der Waals surface area (Å²) in [6, 6.07) is 9.14. The number of nitrogens with zero attached hydrogens (tertiary/aromatic N) is 2. The van der Waals surface area contributed by atoms with Crippen LogP contribution >= 0.6 is 23.2 Å². The van der Waals surface area contributed by atoms with Gasteiger partial charge in [-0.1, -0.05) is 35.3 Å². The third-order valence-electron chi connectivity index (χ3n) is 2.46. The molecule has 17 heavy (non-hydrogen) atoms. The van der Waals surface area contributed by atoms with Gasteiger partial charge in [-0.15, -0.1) is 6.58 Å². The molecule has 0 aliphatic carbocycles. The molecule has 86 valence electrons. The van der Waals surface area contributed by atoms with Gasteiger partial charge in [-0.25, -0.2) is 0 Å². The number of rotatable bonds is 4. The summed E-state index contributed by atoms with van der Waals surface area (Å²) in [5, 5.41) is 19.2. The average Bonchev–Trinajstić information content (AvgIpc) is 2.33. The first-order chi connectivity index (χ1) is 8.08. The Kier molecular flexibility index (Phi) is 4.58. The second-order valence-corrected chi connectivity index (χ2v) is 4.49. The van der Waals surface area contributed by atoms with Crippen molar-refractivity contribution in [3.63, 3.8) is 0 Å². The van der Waals surface area contributed by atoms with Gasteiger partial charge in [-0.3, -0.25) is 0 Å². The highest BCUT2D eigenvalue weighted by atomic mass is 35.5. The van der Waals surface area contributed by atoms with Gasteiger partial charge in [0.15, 0.2) is 5.41 Å². The van der Waals surface area contributed by atoms with Gasteiger partial charge in [0.2, 0.25) is 0 Å². The Morgan fingerprint density at radius 1 is 1.24 bits per heavy atom. The summed E-state index contributed by atoms with van der Waals surface area (Å²) in [6.45, 7) is 3.56. The van der Waals surface area contributed by atoms with Gasteiger partial charge in [0.05, 0.1) is 12.1 Å². The minimum absolute atomic E-state index is 0.199. The second-order valence-electron chi connectivity index (χ2n) is 3.68. The summed E-state index contributed by atoms with van der Waals surface area (Å²) in [6.07, 6.45) is 2.03. The standard InChI is InChI=1S/C13H10Cl2N2/c1-2-6-13(8-16,9-17)7-10-11(14)4-3-5-12(10)15/h2-5H,1,6-7H2. The van der Waals surface area contributed by atoms with Crippen molar-refractivity contribution in [2.24, 2.45) is 5.41 Å². The van der Waals surface area contributed by atoms with Gasteiger partial charge in [-0.2, -0.15) is 10.5 Å². The number of allylic oxidation sites excluding steroid dienone is 1. The van der Waals surface area contributed by atoms with Crippen LogP contribution < -0.4 is 0 Å². The van der Waals surface area contributed by atoms with Crippen LogP contribution in [0.3, 0.4) is 0 Å². The molecule has 0 radical (unpaired) electrons. The maximum atomic E-state index is 9.14. The molecule has 2 nitrogen and oxygen atoms in total. The molecule has 1 aromatic rings. The molecule has 0 bridgehead atoms. The summed E-state index contributed by atoms with van der Waals surface area (Å²) in [7, 11) is 0. The Morgan fingerprint density at radius 2 is 1.76 bits per heavy atom. The SMILES string of the molecule is C=CCC(C#N)(C#N)Cc1c(Cl)cccc1Cl. The van der Waals surface area contributed by atoms with Gasteiger partial charge >= 0.3 is 0 Å². The van der Waals surface area contributed by atoms with Crippen LogP contribution in [0.15, 0.2) is 30.9 Å². The fourth-order valence-corrected chi connectivity index (χ4v) is 2.05. The van der Waals surface area contributed by atoms with E-state index in [-0.39, 0.29) is 12.8 Å². The molecule has 0 saturated heterocycles. The lowest BCUT2D eigenvalue weighted by atomic mass is 9.81. The highest BCUT2D eigenvalue weighted by Gasteiger charge is 2.30. The first kappa shape index (κ1) is 13.6. The van der Waals surface area contributed by atoms with Crippen molar-refractivity contribution in [2.75, 3.05) is 0 Å². The van der Waals surface area contributed by atoms with E-state index in [1.807, 2.05) is 12.1 Å². The van der Waals surface area contributed by atoms with Crippen LogP contribution in [0.2, 0.25) is 10.0 Å². The molecule has 1 aromatic carbocycles. The van der Waals surface area contributed by atoms with E-state index >= 15 is 0 Å². The highest BCUT2D eigenvalue weighted by Crippen LogP contribution is 2.33. The highest BCUT2D eigenvalue weighted by molar-refractivity contribution is 6.36. The fraction of sp³-hybridized carbons (Fsp3) is 0.231. The smallest absolute Gasteiger partial charge is 0.151 e. The Labute approximate surface area is 111 Å². The van der Waals surface area contributed by atoms with Crippen molar-refractivity contribution in [2.45, 2.75) is 12.8 Å². The molecule has 0 atom stereocenters.